The minimum Gasteiger partial charge on any atom is -0.385 e. The van der Waals surface area contributed by atoms with E-state index in [1.54, 1.807) is 12.3 Å². The van der Waals surface area contributed by atoms with Gasteiger partial charge in [-0.25, -0.2) is 0 Å². The van der Waals surface area contributed by atoms with Crippen molar-refractivity contribution in [3.05, 3.63) is 33.4 Å². The van der Waals surface area contributed by atoms with Crippen molar-refractivity contribution in [3.63, 3.8) is 0 Å². The molecule has 0 fully saturated rings. The third kappa shape index (κ3) is 1.93. The zero-order chi connectivity index (χ0) is 11.7. The van der Waals surface area contributed by atoms with Crippen LogP contribution in [-0.2, 0) is 0 Å². The first kappa shape index (κ1) is 11.8. The number of nitrogens with one attached hydrogen (secondary N) is 1. The molecule has 0 saturated carbocycles. The van der Waals surface area contributed by atoms with E-state index in [0.29, 0.717) is 20.6 Å². The van der Waals surface area contributed by atoms with Crippen molar-refractivity contribution in [2.45, 2.75) is 6.92 Å². The van der Waals surface area contributed by atoms with Crippen LogP contribution in [0.3, 0.4) is 0 Å². The van der Waals surface area contributed by atoms with Gasteiger partial charge < -0.3 is 5.32 Å². The predicted octanol–water partition coefficient (Wildman–Crippen LogP) is 4.63. The molecule has 1 N–H and O–H groups in total. The van der Waals surface area contributed by atoms with Crippen LogP contribution in [0.25, 0.3) is 10.9 Å². The molecule has 5 heteroatoms. The molecule has 0 saturated heterocycles. The highest BCUT2D eigenvalue weighted by atomic mass is 35.5. The van der Waals surface area contributed by atoms with Gasteiger partial charge in [-0.05, 0) is 19.1 Å². The second-order valence-corrected chi connectivity index (χ2v) is 4.46. The summed E-state index contributed by atoms with van der Waals surface area (Å²) in [5.41, 5.74) is 1.55. The van der Waals surface area contributed by atoms with E-state index in [0.717, 1.165) is 17.6 Å². The van der Waals surface area contributed by atoms with Crippen molar-refractivity contribution in [3.8, 4) is 0 Å². The maximum atomic E-state index is 6.17. The smallest absolute Gasteiger partial charge is 0.0924 e. The lowest BCUT2D eigenvalue weighted by atomic mass is 10.2. The molecule has 0 bridgehead atoms. The summed E-state index contributed by atoms with van der Waals surface area (Å²) in [6.45, 7) is 2.80. The lowest BCUT2D eigenvalue weighted by molar-refractivity contribution is 1.21. The lowest BCUT2D eigenvalue weighted by Crippen LogP contribution is -1.98. The van der Waals surface area contributed by atoms with E-state index in [1.807, 2.05) is 13.0 Å². The Morgan fingerprint density at radius 1 is 1.25 bits per heavy atom. The fourth-order valence-corrected chi connectivity index (χ4v) is 2.32. The van der Waals surface area contributed by atoms with Gasteiger partial charge in [-0.1, -0.05) is 34.8 Å². The zero-order valence-corrected chi connectivity index (χ0v) is 10.8. The zero-order valence-electron chi connectivity index (χ0n) is 8.52. The second-order valence-electron chi connectivity index (χ2n) is 3.27. The summed E-state index contributed by atoms with van der Waals surface area (Å²) in [5.74, 6) is 0. The molecule has 0 amide bonds. The van der Waals surface area contributed by atoms with Crippen LogP contribution in [0.2, 0.25) is 15.1 Å². The van der Waals surface area contributed by atoms with E-state index >= 15 is 0 Å². The molecule has 0 aliphatic rings. The van der Waals surface area contributed by atoms with Crippen molar-refractivity contribution < 1.29 is 0 Å². The summed E-state index contributed by atoms with van der Waals surface area (Å²) >= 11 is 18.2. The SMILES string of the molecule is CCNc1ccnc2c(Cl)cc(Cl)c(Cl)c12. The molecule has 0 radical (unpaired) electrons. The summed E-state index contributed by atoms with van der Waals surface area (Å²) in [4.78, 5) is 4.21. The van der Waals surface area contributed by atoms with Crippen LogP contribution >= 0.6 is 34.8 Å². The first-order valence-electron chi connectivity index (χ1n) is 4.81. The van der Waals surface area contributed by atoms with Gasteiger partial charge in [0.2, 0.25) is 0 Å². The molecule has 0 atom stereocenters. The third-order valence-corrected chi connectivity index (χ3v) is 3.30. The Morgan fingerprint density at radius 3 is 2.69 bits per heavy atom. The predicted molar refractivity (Wildman–Crippen MR) is 70.9 cm³/mol. The normalized spacial score (nSPS) is 10.8. The molecule has 2 rings (SSSR count). The lowest BCUT2D eigenvalue weighted by Gasteiger charge is -2.10. The molecule has 1 aromatic heterocycles. The first-order valence-corrected chi connectivity index (χ1v) is 5.94. The number of hydrogen-bond acceptors (Lipinski definition) is 2. The van der Waals surface area contributed by atoms with Crippen molar-refractivity contribution in [2.75, 3.05) is 11.9 Å². The van der Waals surface area contributed by atoms with Crippen molar-refractivity contribution >= 4 is 51.4 Å². The Balaban J connectivity index is 2.84. The Labute approximate surface area is 109 Å². The number of pyridine rings is 1. The Bertz CT molecular complexity index is 540. The quantitative estimate of drug-likeness (QED) is 0.809. The van der Waals surface area contributed by atoms with Gasteiger partial charge in [0.05, 0.1) is 20.6 Å². The first-order chi connectivity index (χ1) is 7.65. The standard InChI is InChI=1S/C11H9Cl3N2/c1-2-15-8-3-4-16-11-7(13)5-6(12)10(14)9(8)11/h3-5H,2H2,1H3,(H,15,16). The van der Waals surface area contributed by atoms with Crippen LogP contribution in [0.15, 0.2) is 18.3 Å². The molecule has 0 spiro atoms. The maximum Gasteiger partial charge on any atom is 0.0924 e. The van der Waals surface area contributed by atoms with E-state index in [9.17, 15) is 0 Å². The highest BCUT2D eigenvalue weighted by molar-refractivity contribution is 6.48. The second kappa shape index (κ2) is 4.66. The average molecular weight is 276 g/mol. The summed E-state index contributed by atoms with van der Waals surface area (Å²) in [6, 6.07) is 3.46. The van der Waals surface area contributed by atoms with Crippen molar-refractivity contribution in [1.82, 2.24) is 4.98 Å². The number of aromatic nitrogens is 1. The largest absolute Gasteiger partial charge is 0.385 e. The molecule has 0 aliphatic heterocycles. The van der Waals surface area contributed by atoms with E-state index in [2.05, 4.69) is 10.3 Å². The van der Waals surface area contributed by atoms with Gasteiger partial charge in [-0.15, -0.1) is 0 Å². The third-order valence-electron chi connectivity index (χ3n) is 2.23. The van der Waals surface area contributed by atoms with Gasteiger partial charge in [0.15, 0.2) is 0 Å². The number of anilines is 1. The molecule has 16 heavy (non-hydrogen) atoms. The van der Waals surface area contributed by atoms with E-state index in [-0.39, 0.29) is 0 Å². The summed E-state index contributed by atoms with van der Waals surface area (Å²) in [7, 11) is 0. The summed E-state index contributed by atoms with van der Waals surface area (Å²) in [5, 5.41) is 5.39. The molecule has 1 heterocycles. The van der Waals surface area contributed by atoms with Crippen LogP contribution < -0.4 is 5.32 Å². The van der Waals surface area contributed by atoms with E-state index in [4.69, 9.17) is 34.8 Å². The fraction of sp³-hybridized carbons (Fsp3) is 0.182. The van der Waals surface area contributed by atoms with Gasteiger partial charge in [0.25, 0.3) is 0 Å². The van der Waals surface area contributed by atoms with Crippen LogP contribution in [0, 0.1) is 0 Å². The summed E-state index contributed by atoms with van der Waals surface area (Å²) < 4.78 is 0. The van der Waals surface area contributed by atoms with Gasteiger partial charge >= 0.3 is 0 Å². The number of hydrogen-bond donors (Lipinski definition) is 1. The van der Waals surface area contributed by atoms with Gasteiger partial charge in [0.1, 0.15) is 0 Å². The Kier molecular flexibility index (Phi) is 3.43. The number of rotatable bonds is 2. The number of benzene rings is 1. The topological polar surface area (TPSA) is 24.9 Å². The molecule has 2 nitrogen and oxygen atoms in total. The molecule has 84 valence electrons. The van der Waals surface area contributed by atoms with Crippen molar-refractivity contribution in [1.29, 1.82) is 0 Å². The van der Waals surface area contributed by atoms with Crippen LogP contribution in [0.1, 0.15) is 6.92 Å². The highest BCUT2D eigenvalue weighted by Crippen LogP contribution is 2.38. The monoisotopic (exact) mass is 274 g/mol. The van der Waals surface area contributed by atoms with Gasteiger partial charge in [0, 0.05) is 23.8 Å². The molecule has 0 unspecified atom stereocenters. The number of halogens is 3. The molecular formula is C11H9Cl3N2. The molecule has 2 aromatic rings. The van der Waals surface area contributed by atoms with Gasteiger partial charge in [-0.2, -0.15) is 0 Å². The minimum atomic E-state index is 0.436. The molecule has 1 aromatic carbocycles. The van der Waals surface area contributed by atoms with Crippen LogP contribution in [-0.4, -0.2) is 11.5 Å². The van der Waals surface area contributed by atoms with Crippen molar-refractivity contribution in [2.24, 2.45) is 0 Å². The number of fused-ring (bicyclic) bond motifs is 1. The highest BCUT2D eigenvalue weighted by Gasteiger charge is 2.12. The minimum absolute atomic E-state index is 0.436. The molecular weight excluding hydrogens is 266 g/mol. The Morgan fingerprint density at radius 2 is 2.00 bits per heavy atom. The molecule has 0 aliphatic carbocycles. The van der Waals surface area contributed by atoms with E-state index in [1.165, 1.54) is 0 Å². The van der Waals surface area contributed by atoms with Gasteiger partial charge in [-0.3, -0.25) is 4.98 Å². The Hall–Kier alpha value is -0.700. The van der Waals surface area contributed by atoms with Crippen LogP contribution in [0.4, 0.5) is 5.69 Å². The summed E-state index contributed by atoms with van der Waals surface area (Å²) in [6.07, 6.45) is 1.69. The maximum absolute atomic E-state index is 6.17. The van der Waals surface area contributed by atoms with E-state index < -0.39 is 0 Å². The number of nitrogens with zero attached hydrogens (tertiary/aromatic N) is 1. The fourth-order valence-electron chi connectivity index (χ4n) is 1.57. The average Bonchev–Trinajstić information content (AvgIpc) is 2.26. The van der Waals surface area contributed by atoms with Crippen LogP contribution in [0.5, 0.6) is 0 Å².